The summed E-state index contributed by atoms with van der Waals surface area (Å²) in [6.07, 6.45) is -1.33. The molecule has 0 spiro atoms. The molecule has 1 aliphatic heterocycles. The van der Waals surface area contributed by atoms with Gasteiger partial charge in [-0.3, -0.25) is 9.69 Å². The van der Waals surface area contributed by atoms with Crippen molar-refractivity contribution in [1.82, 2.24) is 4.90 Å². The molecule has 1 fully saturated rings. The van der Waals surface area contributed by atoms with Gasteiger partial charge in [0.25, 0.3) is 0 Å². The molecule has 6 heteroatoms. The Kier molecular flexibility index (Phi) is 6.16. The first kappa shape index (κ1) is 19.4. The third-order valence-corrected chi connectivity index (χ3v) is 4.92. The summed E-state index contributed by atoms with van der Waals surface area (Å²) < 4.78 is 38.2. The van der Waals surface area contributed by atoms with Gasteiger partial charge in [-0.2, -0.15) is 13.2 Å². The molecule has 0 aliphatic carbocycles. The quantitative estimate of drug-likeness (QED) is 0.827. The van der Waals surface area contributed by atoms with Crippen molar-refractivity contribution in [2.24, 2.45) is 5.92 Å². The molecule has 1 heterocycles. The number of carbonyl (C=O) groups excluding carboxylic acids is 1. The summed E-state index contributed by atoms with van der Waals surface area (Å²) in [5.74, 6) is 0.325. The van der Waals surface area contributed by atoms with Gasteiger partial charge in [-0.15, -0.1) is 0 Å². The Balaban J connectivity index is 1.46. The maximum absolute atomic E-state index is 12.7. The number of benzene rings is 2. The lowest BCUT2D eigenvalue weighted by Crippen LogP contribution is -2.39. The van der Waals surface area contributed by atoms with Gasteiger partial charge in [-0.1, -0.05) is 36.4 Å². The number of hydrogen-bond donors (Lipinski definition) is 1. The van der Waals surface area contributed by atoms with Crippen LogP contribution in [0.1, 0.15) is 24.0 Å². The van der Waals surface area contributed by atoms with Crippen LogP contribution in [0.4, 0.5) is 18.9 Å². The number of hydrogen-bond acceptors (Lipinski definition) is 2. The standard InChI is InChI=1S/C21H23F3N2O/c22-21(23,24)18-7-4-8-19(14-18)25-20(27)15-26-11-9-17(10-12-26)13-16-5-2-1-3-6-16/h1-8,14,17H,9-13,15H2,(H,25,27). The Bertz CT molecular complexity index is 754. The van der Waals surface area contributed by atoms with E-state index < -0.39 is 11.7 Å². The summed E-state index contributed by atoms with van der Waals surface area (Å²) >= 11 is 0. The van der Waals surface area contributed by atoms with Crippen LogP contribution < -0.4 is 5.32 Å². The lowest BCUT2D eigenvalue weighted by atomic mass is 9.90. The molecule has 3 rings (SSSR count). The van der Waals surface area contributed by atoms with Crippen molar-refractivity contribution >= 4 is 11.6 Å². The third-order valence-electron chi connectivity index (χ3n) is 4.92. The van der Waals surface area contributed by atoms with Crippen LogP contribution in [0.2, 0.25) is 0 Å². The van der Waals surface area contributed by atoms with E-state index in [9.17, 15) is 18.0 Å². The van der Waals surface area contributed by atoms with Gasteiger partial charge in [0.15, 0.2) is 0 Å². The highest BCUT2D eigenvalue weighted by Crippen LogP contribution is 2.30. The third kappa shape index (κ3) is 5.82. The number of amides is 1. The van der Waals surface area contributed by atoms with Crippen molar-refractivity contribution in [2.45, 2.75) is 25.4 Å². The fourth-order valence-electron chi connectivity index (χ4n) is 3.47. The minimum atomic E-state index is -4.42. The van der Waals surface area contributed by atoms with Gasteiger partial charge in [0.2, 0.25) is 5.91 Å². The molecular formula is C21H23F3N2O. The Morgan fingerprint density at radius 3 is 2.41 bits per heavy atom. The van der Waals surface area contributed by atoms with Crippen molar-refractivity contribution in [3.05, 3.63) is 65.7 Å². The van der Waals surface area contributed by atoms with Crippen LogP contribution in [0, 0.1) is 5.92 Å². The van der Waals surface area contributed by atoms with E-state index in [-0.39, 0.29) is 18.1 Å². The summed E-state index contributed by atoms with van der Waals surface area (Å²) in [7, 11) is 0. The zero-order chi connectivity index (χ0) is 19.3. The molecule has 2 aromatic rings. The zero-order valence-corrected chi connectivity index (χ0v) is 15.0. The number of nitrogens with zero attached hydrogens (tertiary/aromatic N) is 1. The summed E-state index contributed by atoms with van der Waals surface area (Å²) in [5.41, 5.74) is 0.744. The summed E-state index contributed by atoms with van der Waals surface area (Å²) in [4.78, 5) is 14.2. The lowest BCUT2D eigenvalue weighted by molar-refractivity contribution is -0.137. The topological polar surface area (TPSA) is 32.3 Å². The number of anilines is 1. The maximum atomic E-state index is 12.7. The van der Waals surface area contributed by atoms with Crippen LogP contribution in [-0.4, -0.2) is 30.4 Å². The molecule has 1 amide bonds. The average Bonchev–Trinajstić information content (AvgIpc) is 2.64. The number of halogens is 3. The van der Waals surface area contributed by atoms with E-state index in [1.54, 1.807) is 0 Å². The molecule has 0 atom stereocenters. The van der Waals surface area contributed by atoms with Crippen LogP contribution in [0.25, 0.3) is 0 Å². The summed E-state index contributed by atoms with van der Waals surface area (Å²) in [6, 6.07) is 15.1. The van der Waals surface area contributed by atoms with Gasteiger partial charge in [-0.25, -0.2) is 0 Å². The van der Waals surface area contributed by atoms with E-state index in [4.69, 9.17) is 0 Å². The molecule has 1 saturated heterocycles. The normalized spacial score (nSPS) is 16.3. The minimum Gasteiger partial charge on any atom is -0.325 e. The highest BCUT2D eigenvalue weighted by Gasteiger charge is 2.30. The Morgan fingerprint density at radius 1 is 1.04 bits per heavy atom. The number of alkyl halides is 3. The first-order valence-electron chi connectivity index (χ1n) is 9.13. The number of carbonyl (C=O) groups is 1. The first-order valence-corrected chi connectivity index (χ1v) is 9.13. The Hall–Kier alpha value is -2.34. The van der Waals surface area contributed by atoms with Crippen molar-refractivity contribution in [3.63, 3.8) is 0 Å². The van der Waals surface area contributed by atoms with Crippen LogP contribution in [-0.2, 0) is 17.4 Å². The number of rotatable bonds is 5. The van der Waals surface area contributed by atoms with Gasteiger partial charge in [0.1, 0.15) is 0 Å². The van der Waals surface area contributed by atoms with E-state index in [0.29, 0.717) is 5.92 Å². The van der Waals surface area contributed by atoms with Crippen molar-refractivity contribution in [1.29, 1.82) is 0 Å². The van der Waals surface area contributed by atoms with Crippen LogP contribution >= 0.6 is 0 Å². The SMILES string of the molecule is O=C(CN1CCC(Cc2ccccc2)CC1)Nc1cccc(C(F)(F)F)c1. The zero-order valence-electron chi connectivity index (χ0n) is 15.0. The molecule has 0 bridgehead atoms. The molecule has 1 N–H and O–H groups in total. The predicted molar refractivity (Wildman–Crippen MR) is 99.4 cm³/mol. The van der Waals surface area contributed by atoms with Crippen molar-refractivity contribution in [3.8, 4) is 0 Å². The highest BCUT2D eigenvalue weighted by molar-refractivity contribution is 5.92. The number of likely N-dealkylation sites (tertiary alicyclic amines) is 1. The highest BCUT2D eigenvalue weighted by atomic mass is 19.4. The molecule has 0 aromatic heterocycles. The summed E-state index contributed by atoms with van der Waals surface area (Å²) in [6.45, 7) is 1.86. The molecule has 144 valence electrons. The van der Waals surface area contributed by atoms with Gasteiger partial charge < -0.3 is 5.32 Å². The second kappa shape index (κ2) is 8.57. The predicted octanol–water partition coefficient (Wildman–Crippen LogP) is 4.60. The maximum Gasteiger partial charge on any atom is 0.416 e. The van der Waals surface area contributed by atoms with Crippen LogP contribution in [0.3, 0.4) is 0 Å². The monoisotopic (exact) mass is 376 g/mol. The largest absolute Gasteiger partial charge is 0.416 e. The molecule has 0 radical (unpaired) electrons. The Labute approximate surface area is 157 Å². The minimum absolute atomic E-state index is 0.175. The van der Waals surface area contributed by atoms with E-state index >= 15 is 0 Å². The Morgan fingerprint density at radius 2 is 1.74 bits per heavy atom. The first-order chi connectivity index (χ1) is 12.9. The average molecular weight is 376 g/mol. The molecule has 27 heavy (non-hydrogen) atoms. The van der Waals surface area contributed by atoms with Gasteiger partial charge in [0.05, 0.1) is 12.1 Å². The molecule has 0 unspecified atom stereocenters. The smallest absolute Gasteiger partial charge is 0.325 e. The second-order valence-corrected chi connectivity index (χ2v) is 7.04. The molecule has 2 aromatic carbocycles. The van der Waals surface area contributed by atoms with E-state index in [1.165, 1.54) is 17.7 Å². The fraction of sp³-hybridized carbons (Fsp3) is 0.381. The van der Waals surface area contributed by atoms with E-state index in [2.05, 4.69) is 22.3 Å². The fourth-order valence-corrected chi connectivity index (χ4v) is 3.47. The van der Waals surface area contributed by atoms with E-state index in [0.717, 1.165) is 44.5 Å². The van der Waals surface area contributed by atoms with E-state index in [1.807, 2.05) is 18.2 Å². The van der Waals surface area contributed by atoms with Crippen LogP contribution in [0.15, 0.2) is 54.6 Å². The molecule has 0 saturated carbocycles. The van der Waals surface area contributed by atoms with Crippen molar-refractivity contribution < 1.29 is 18.0 Å². The number of piperidine rings is 1. The van der Waals surface area contributed by atoms with Gasteiger partial charge >= 0.3 is 6.18 Å². The number of nitrogens with one attached hydrogen (secondary N) is 1. The van der Waals surface area contributed by atoms with Crippen molar-refractivity contribution in [2.75, 3.05) is 25.0 Å². The second-order valence-electron chi connectivity index (χ2n) is 7.04. The lowest BCUT2D eigenvalue weighted by Gasteiger charge is -2.31. The van der Waals surface area contributed by atoms with Gasteiger partial charge in [0, 0.05) is 5.69 Å². The van der Waals surface area contributed by atoms with Gasteiger partial charge in [-0.05, 0) is 62.0 Å². The molecule has 3 nitrogen and oxygen atoms in total. The molecule has 1 aliphatic rings. The summed E-state index contributed by atoms with van der Waals surface area (Å²) in [5, 5.41) is 2.57. The molecular weight excluding hydrogens is 353 g/mol. The van der Waals surface area contributed by atoms with Crippen LogP contribution in [0.5, 0.6) is 0 Å².